The smallest absolute Gasteiger partial charge is 0.462 e. The number of ether oxygens (including phenoxy) is 4. The van der Waals surface area contributed by atoms with Crippen molar-refractivity contribution in [2.45, 2.75) is 363 Å². The van der Waals surface area contributed by atoms with E-state index in [4.69, 9.17) is 37.0 Å². The molecule has 528 valence electrons. The van der Waals surface area contributed by atoms with Gasteiger partial charge in [-0.1, -0.05) is 293 Å². The first-order valence-corrected chi connectivity index (χ1v) is 39.2. The Morgan fingerprint density at radius 1 is 0.281 bits per heavy atom. The average molecular weight is 1310 g/mol. The standard InChI is InChI=1S/C70H136O17P2/c1-60(2)46-38-30-22-17-15-13-11-9-10-12-14-16-18-26-36-44-52-69(74)86-65(56-81-68(73)51-43-35-27-21-24-32-40-48-62(5)6)58-84-88(76,77)82-54-64(71)55-83-89(78,79)85-59-66(87-70(75)53-45-37-29-28-33-41-49-63(7)8)57-80-67(72)50-42-34-25-20-19-23-31-39-47-61(3)4/h60-66,71H,9-59H2,1-8H3,(H,76,77)(H,78,79)/t64?,65-,66-/m1/s1. The molecule has 5 atom stereocenters. The first kappa shape index (κ1) is 87.1. The van der Waals surface area contributed by atoms with Gasteiger partial charge in [-0.3, -0.25) is 37.3 Å². The molecule has 0 fully saturated rings. The van der Waals surface area contributed by atoms with Gasteiger partial charge in [0.1, 0.15) is 19.3 Å². The highest BCUT2D eigenvalue weighted by atomic mass is 31.2. The molecule has 17 nitrogen and oxygen atoms in total. The molecule has 0 radical (unpaired) electrons. The molecule has 0 aromatic heterocycles. The Morgan fingerprint density at radius 2 is 0.472 bits per heavy atom. The molecule has 0 aliphatic rings. The van der Waals surface area contributed by atoms with Crippen molar-refractivity contribution in [1.29, 1.82) is 0 Å². The fourth-order valence-corrected chi connectivity index (χ4v) is 12.1. The van der Waals surface area contributed by atoms with E-state index in [1.54, 1.807) is 0 Å². The van der Waals surface area contributed by atoms with Crippen molar-refractivity contribution in [2.24, 2.45) is 23.7 Å². The highest BCUT2D eigenvalue weighted by Gasteiger charge is 2.30. The highest BCUT2D eigenvalue weighted by Crippen LogP contribution is 2.45. The number of esters is 4. The van der Waals surface area contributed by atoms with Crippen molar-refractivity contribution in [1.82, 2.24) is 0 Å². The summed E-state index contributed by atoms with van der Waals surface area (Å²) in [6, 6.07) is 0. The van der Waals surface area contributed by atoms with Crippen LogP contribution in [0.4, 0.5) is 0 Å². The maximum Gasteiger partial charge on any atom is 0.472 e. The van der Waals surface area contributed by atoms with Crippen molar-refractivity contribution in [2.75, 3.05) is 39.6 Å². The molecule has 0 amide bonds. The van der Waals surface area contributed by atoms with Crippen LogP contribution >= 0.6 is 15.6 Å². The van der Waals surface area contributed by atoms with Crippen LogP contribution in [0, 0.1) is 23.7 Å². The van der Waals surface area contributed by atoms with Gasteiger partial charge in [0.25, 0.3) is 0 Å². The Kier molecular flexibility index (Phi) is 58.5. The Bertz CT molecular complexity index is 1760. The molecule has 0 spiro atoms. The Balaban J connectivity index is 5.18. The number of carbonyl (C=O) groups excluding carboxylic acids is 4. The zero-order valence-electron chi connectivity index (χ0n) is 58.1. The van der Waals surface area contributed by atoms with Crippen LogP contribution in [-0.2, 0) is 65.4 Å². The van der Waals surface area contributed by atoms with Gasteiger partial charge in [0.05, 0.1) is 26.4 Å². The maximum atomic E-state index is 13.0. The van der Waals surface area contributed by atoms with Crippen LogP contribution in [0.3, 0.4) is 0 Å². The van der Waals surface area contributed by atoms with Crippen LogP contribution in [0.5, 0.6) is 0 Å². The van der Waals surface area contributed by atoms with E-state index < -0.39 is 97.5 Å². The summed E-state index contributed by atoms with van der Waals surface area (Å²) < 4.78 is 68.2. The Morgan fingerprint density at radius 3 is 0.697 bits per heavy atom. The summed E-state index contributed by atoms with van der Waals surface area (Å²) in [6.07, 6.45) is 42.1. The minimum Gasteiger partial charge on any atom is -0.462 e. The second kappa shape index (κ2) is 59.8. The van der Waals surface area contributed by atoms with E-state index in [-0.39, 0.29) is 25.7 Å². The van der Waals surface area contributed by atoms with Crippen LogP contribution in [0.25, 0.3) is 0 Å². The summed E-state index contributed by atoms with van der Waals surface area (Å²) in [5.74, 6) is 0.775. The van der Waals surface area contributed by atoms with Crippen molar-refractivity contribution < 1.29 is 80.2 Å². The molecular weight excluding hydrogens is 1170 g/mol. The van der Waals surface area contributed by atoms with E-state index in [0.29, 0.717) is 37.5 Å². The largest absolute Gasteiger partial charge is 0.472 e. The second-order valence-corrected chi connectivity index (χ2v) is 30.1. The Labute approximate surface area is 543 Å². The van der Waals surface area contributed by atoms with E-state index in [0.717, 1.165) is 108 Å². The first-order chi connectivity index (χ1) is 42.6. The van der Waals surface area contributed by atoms with Gasteiger partial charge in [-0.2, -0.15) is 0 Å². The van der Waals surface area contributed by atoms with Gasteiger partial charge >= 0.3 is 39.5 Å². The van der Waals surface area contributed by atoms with Crippen LogP contribution in [0.15, 0.2) is 0 Å². The molecule has 0 saturated carbocycles. The monoisotopic (exact) mass is 1310 g/mol. The lowest BCUT2D eigenvalue weighted by atomic mass is 10.0. The third-order valence-corrected chi connectivity index (χ3v) is 18.0. The zero-order chi connectivity index (χ0) is 66.1. The van der Waals surface area contributed by atoms with E-state index in [9.17, 15) is 43.2 Å². The number of hydrogen-bond donors (Lipinski definition) is 3. The molecule has 0 aromatic carbocycles. The summed E-state index contributed by atoms with van der Waals surface area (Å²) in [7, 11) is -9.90. The third-order valence-electron chi connectivity index (χ3n) is 16.1. The first-order valence-electron chi connectivity index (χ1n) is 36.2. The van der Waals surface area contributed by atoms with Crippen LogP contribution in [-0.4, -0.2) is 96.7 Å². The molecule has 89 heavy (non-hydrogen) atoms. The number of phosphoric acid groups is 2. The van der Waals surface area contributed by atoms with Gasteiger partial charge in [0.15, 0.2) is 12.2 Å². The van der Waals surface area contributed by atoms with Crippen molar-refractivity contribution in [3.8, 4) is 0 Å². The molecule has 3 unspecified atom stereocenters. The zero-order valence-corrected chi connectivity index (χ0v) is 59.8. The molecule has 0 heterocycles. The fraction of sp³-hybridized carbons (Fsp3) is 0.943. The lowest BCUT2D eigenvalue weighted by molar-refractivity contribution is -0.161. The lowest BCUT2D eigenvalue weighted by Gasteiger charge is -2.21. The predicted octanol–water partition coefficient (Wildman–Crippen LogP) is 19.7. The van der Waals surface area contributed by atoms with E-state index >= 15 is 0 Å². The van der Waals surface area contributed by atoms with Gasteiger partial charge in [-0.15, -0.1) is 0 Å². The van der Waals surface area contributed by atoms with Crippen LogP contribution < -0.4 is 0 Å². The summed E-state index contributed by atoms with van der Waals surface area (Å²) in [5.41, 5.74) is 0. The van der Waals surface area contributed by atoms with Crippen molar-refractivity contribution in [3.63, 3.8) is 0 Å². The summed E-state index contributed by atoms with van der Waals surface area (Å²) in [6.45, 7) is 14.0. The SMILES string of the molecule is CC(C)CCCCCCCCCCCCCCCCCCC(=O)O[C@H](COC(=O)CCCCCCCCCC(C)C)COP(=O)(O)OCC(O)COP(=O)(O)OC[C@@H](COC(=O)CCCCCCCCCCC(C)C)OC(=O)CCCCCCCCC(C)C. The number of phosphoric ester groups is 2. The minimum absolute atomic E-state index is 0.101. The van der Waals surface area contributed by atoms with Gasteiger partial charge in [0, 0.05) is 25.7 Å². The summed E-state index contributed by atoms with van der Waals surface area (Å²) >= 11 is 0. The maximum absolute atomic E-state index is 13.0. The summed E-state index contributed by atoms with van der Waals surface area (Å²) in [4.78, 5) is 72.4. The van der Waals surface area contributed by atoms with E-state index in [1.807, 2.05) is 0 Å². The number of rotatable bonds is 67. The molecule has 0 rings (SSSR count). The van der Waals surface area contributed by atoms with E-state index in [1.165, 1.54) is 141 Å². The minimum atomic E-state index is -4.95. The normalized spacial score (nSPS) is 14.3. The molecule has 3 N–H and O–H groups in total. The topological polar surface area (TPSA) is 237 Å². The van der Waals surface area contributed by atoms with Crippen LogP contribution in [0.2, 0.25) is 0 Å². The number of carbonyl (C=O) groups is 4. The molecule has 0 saturated heterocycles. The van der Waals surface area contributed by atoms with Crippen molar-refractivity contribution >= 4 is 39.5 Å². The summed E-state index contributed by atoms with van der Waals surface area (Å²) in [5, 5.41) is 10.6. The third kappa shape index (κ3) is 64.6. The fourth-order valence-electron chi connectivity index (χ4n) is 10.5. The Hall–Kier alpha value is -1.94. The molecule has 0 aliphatic carbocycles. The van der Waals surface area contributed by atoms with Gasteiger partial charge in [0.2, 0.25) is 0 Å². The number of aliphatic hydroxyl groups excluding tert-OH is 1. The average Bonchev–Trinajstić information content (AvgIpc) is 3.62. The molecule has 19 heteroatoms. The van der Waals surface area contributed by atoms with Gasteiger partial charge in [-0.25, -0.2) is 9.13 Å². The van der Waals surface area contributed by atoms with Gasteiger partial charge < -0.3 is 33.8 Å². The second-order valence-electron chi connectivity index (χ2n) is 27.2. The van der Waals surface area contributed by atoms with Crippen LogP contribution in [0.1, 0.15) is 344 Å². The molecular formula is C70H136O17P2. The number of unbranched alkanes of at least 4 members (excludes halogenated alkanes) is 33. The lowest BCUT2D eigenvalue weighted by Crippen LogP contribution is -2.30. The quantitative estimate of drug-likeness (QED) is 0.0222. The number of aliphatic hydroxyl groups is 1. The highest BCUT2D eigenvalue weighted by molar-refractivity contribution is 7.47. The molecule has 0 aliphatic heterocycles. The number of hydrogen-bond acceptors (Lipinski definition) is 15. The van der Waals surface area contributed by atoms with E-state index in [2.05, 4.69) is 55.4 Å². The van der Waals surface area contributed by atoms with Crippen molar-refractivity contribution in [3.05, 3.63) is 0 Å². The molecule has 0 bridgehead atoms. The molecule has 0 aromatic rings. The predicted molar refractivity (Wildman–Crippen MR) is 358 cm³/mol. The van der Waals surface area contributed by atoms with Gasteiger partial charge in [-0.05, 0) is 49.4 Å².